The van der Waals surface area contributed by atoms with Crippen LogP contribution in [-0.4, -0.2) is 61.8 Å². The molecule has 0 saturated carbocycles. The highest BCUT2D eigenvalue weighted by Crippen LogP contribution is 2.20. The van der Waals surface area contributed by atoms with Crippen molar-refractivity contribution < 1.29 is 4.74 Å². The molecule has 1 N–H and O–H groups in total. The number of hydrogen-bond acceptors (Lipinski definition) is 4. The van der Waals surface area contributed by atoms with Gasteiger partial charge in [-0.25, -0.2) is 4.98 Å². The molecule has 4 rings (SSSR count). The van der Waals surface area contributed by atoms with Crippen molar-refractivity contribution in [2.24, 2.45) is 4.99 Å². The van der Waals surface area contributed by atoms with Crippen LogP contribution in [-0.2, 0) is 11.3 Å². The Morgan fingerprint density at radius 2 is 1.97 bits per heavy atom. The van der Waals surface area contributed by atoms with Crippen molar-refractivity contribution in [3.8, 4) is 0 Å². The van der Waals surface area contributed by atoms with Crippen molar-refractivity contribution in [1.29, 1.82) is 0 Å². The first kappa shape index (κ1) is 21.4. The molecule has 2 fully saturated rings. The lowest BCUT2D eigenvalue weighted by molar-refractivity contribution is 0.0529. The van der Waals surface area contributed by atoms with E-state index in [-0.39, 0.29) is 6.10 Å². The van der Waals surface area contributed by atoms with E-state index in [1.807, 2.05) is 13.2 Å². The second-order valence-electron chi connectivity index (χ2n) is 8.25. The smallest absolute Gasteiger partial charge is 0.193 e. The summed E-state index contributed by atoms with van der Waals surface area (Å²) >= 11 is 0. The van der Waals surface area contributed by atoms with Crippen LogP contribution >= 0.6 is 0 Å². The van der Waals surface area contributed by atoms with Gasteiger partial charge in [-0.15, -0.1) is 0 Å². The van der Waals surface area contributed by atoms with Gasteiger partial charge in [0.15, 0.2) is 5.96 Å². The van der Waals surface area contributed by atoms with Gasteiger partial charge in [0.05, 0.1) is 12.7 Å². The Hall–Kier alpha value is -2.86. The highest BCUT2D eigenvalue weighted by atomic mass is 16.5. The van der Waals surface area contributed by atoms with Crippen LogP contribution < -0.4 is 10.2 Å². The van der Waals surface area contributed by atoms with Gasteiger partial charge in [-0.1, -0.05) is 48.0 Å². The molecular formula is C25H33N5O. The van der Waals surface area contributed by atoms with E-state index >= 15 is 0 Å². The summed E-state index contributed by atoms with van der Waals surface area (Å²) in [6.07, 6.45) is 6.70. The predicted octanol–water partition coefficient (Wildman–Crippen LogP) is 3.56. The Morgan fingerprint density at radius 1 is 1.16 bits per heavy atom. The maximum atomic E-state index is 5.62. The monoisotopic (exact) mass is 419 g/mol. The Balaban J connectivity index is 1.27. The predicted molar refractivity (Wildman–Crippen MR) is 127 cm³/mol. The van der Waals surface area contributed by atoms with E-state index in [1.54, 1.807) is 0 Å². The van der Waals surface area contributed by atoms with Crippen molar-refractivity contribution in [3.05, 3.63) is 65.4 Å². The lowest BCUT2D eigenvalue weighted by Gasteiger charge is -2.32. The molecule has 1 aromatic heterocycles. The molecule has 2 aromatic rings. The number of benzene rings is 1. The van der Waals surface area contributed by atoms with Crippen LogP contribution in [0.3, 0.4) is 0 Å². The van der Waals surface area contributed by atoms with Gasteiger partial charge in [-0.05, 0) is 37.0 Å². The molecule has 6 heteroatoms. The molecule has 2 saturated heterocycles. The van der Waals surface area contributed by atoms with Gasteiger partial charge in [0.1, 0.15) is 5.82 Å². The summed E-state index contributed by atoms with van der Waals surface area (Å²) in [6.45, 7) is 7.37. The quantitative estimate of drug-likeness (QED) is 0.607. The van der Waals surface area contributed by atoms with Gasteiger partial charge in [0.2, 0.25) is 0 Å². The van der Waals surface area contributed by atoms with Crippen LogP contribution in [0.15, 0.2) is 59.2 Å². The minimum Gasteiger partial charge on any atom is -0.375 e. The van der Waals surface area contributed by atoms with E-state index in [1.165, 1.54) is 11.1 Å². The van der Waals surface area contributed by atoms with E-state index in [2.05, 4.69) is 80.6 Å². The van der Waals surface area contributed by atoms with Crippen molar-refractivity contribution in [2.75, 3.05) is 44.7 Å². The number of guanidine groups is 1. The molecule has 164 valence electrons. The summed E-state index contributed by atoms with van der Waals surface area (Å²) in [6, 6.07) is 14.8. The Bertz CT molecular complexity index is 884. The number of morpholine rings is 1. The molecule has 0 amide bonds. The number of aromatic nitrogens is 1. The number of likely N-dealkylation sites (tertiary alicyclic amines) is 1. The molecule has 3 heterocycles. The summed E-state index contributed by atoms with van der Waals surface area (Å²) in [5, 5.41) is 3.51. The molecule has 0 aliphatic carbocycles. The maximum Gasteiger partial charge on any atom is 0.193 e. The van der Waals surface area contributed by atoms with Crippen LogP contribution in [0.1, 0.15) is 30.9 Å². The molecule has 0 spiro atoms. The molecule has 6 nitrogen and oxygen atoms in total. The van der Waals surface area contributed by atoms with Crippen LogP contribution in [0.25, 0.3) is 6.08 Å². The minimum atomic E-state index is 0.257. The Morgan fingerprint density at radius 3 is 2.65 bits per heavy atom. The SMILES string of the molecule is CN=C(NCc1ccc(N2CCOC(C)C2)nc1)N1CCC(=Cc2ccccc2)CC1. The third-order valence-corrected chi connectivity index (χ3v) is 5.91. The number of nitrogens with one attached hydrogen (secondary N) is 1. The number of ether oxygens (including phenoxy) is 1. The minimum absolute atomic E-state index is 0.257. The van der Waals surface area contributed by atoms with Gasteiger partial charge in [0, 0.05) is 46.0 Å². The lowest BCUT2D eigenvalue weighted by Crippen LogP contribution is -2.44. The van der Waals surface area contributed by atoms with Gasteiger partial charge in [0.25, 0.3) is 0 Å². The number of anilines is 1. The van der Waals surface area contributed by atoms with Crippen molar-refractivity contribution >= 4 is 17.9 Å². The average Bonchev–Trinajstić information content (AvgIpc) is 2.81. The van der Waals surface area contributed by atoms with Crippen LogP contribution in [0.5, 0.6) is 0 Å². The second-order valence-corrected chi connectivity index (χ2v) is 8.25. The Labute approximate surface area is 185 Å². The molecule has 31 heavy (non-hydrogen) atoms. The first-order chi connectivity index (χ1) is 15.2. The maximum absolute atomic E-state index is 5.62. The fourth-order valence-electron chi connectivity index (χ4n) is 4.18. The average molecular weight is 420 g/mol. The van der Waals surface area contributed by atoms with Crippen molar-refractivity contribution in [3.63, 3.8) is 0 Å². The summed E-state index contributed by atoms with van der Waals surface area (Å²) in [5.74, 6) is 1.99. The summed E-state index contributed by atoms with van der Waals surface area (Å²) in [7, 11) is 1.86. The highest BCUT2D eigenvalue weighted by Gasteiger charge is 2.19. The summed E-state index contributed by atoms with van der Waals surface area (Å²) in [4.78, 5) is 13.8. The van der Waals surface area contributed by atoms with Gasteiger partial charge < -0.3 is 19.9 Å². The summed E-state index contributed by atoms with van der Waals surface area (Å²) in [5.41, 5.74) is 3.96. The van der Waals surface area contributed by atoms with E-state index in [9.17, 15) is 0 Å². The van der Waals surface area contributed by atoms with Crippen molar-refractivity contribution in [2.45, 2.75) is 32.4 Å². The molecule has 0 radical (unpaired) electrons. The summed E-state index contributed by atoms with van der Waals surface area (Å²) < 4.78 is 5.62. The largest absolute Gasteiger partial charge is 0.375 e. The van der Waals surface area contributed by atoms with Crippen LogP contribution in [0.2, 0.25) is 0 Å². The van der Waals surface area contributed by atoms with Crippen LogP contribution in [0.4, 0.5) is 5.82 Å². The van der Waals surface area contributed by atoms with E-state index in [4.69, 9.17) is 4.74 Å². The number of pyridine rings is 1. The molecule has 2 aliphatic heterocycles. The third kappa shape index (κ3) is 5.85. The van der Waals surface area contributed by atoms with E-state index in [0.29, 0.717) is 0 Å². The zero-order valence-electron chi connectivity index (χ0n) is 18.6. The normalized spacial score (nSPS) is 20.0. The van der Waals surface area contributed by atoms with Crippen molar-refractivity contribution in [1.82, 2.24) is 15.2 Å². The molecule has 1 unspecified atom stereocenters. The first-order valence-electron chi connectivity index (χ1n) is 11.2. The molecular weight excluding hydrogens is 386 g/mol. The molecule has 2 aliphatic rings. The zero-order chi connectivity index (χ0) is 21.5. The number of nitrogens with zero attached hydrogens (tertiary/aromatic N) is 4. The fraction of sp³-hybridized carbons (Fsp3) is 0.440. The number of rotatable bonds is 4. The lowest BCUT2D eigenvalue weighted by atomic mass is 10.0. The Kier molecular flexibility index (Phi) is 7.20. The standard InChI is InChI=1S/C25H33N5O/c1-20-19-30(14-15-31-20)24-9-8-23(17-27-24)18-28-25(26-2)29-12-10-22(11-13-29)16-21-6-4-3-5-7-21/h3-9,16-17,20H,10-15,18-19H2,1-2H3,(H,26,28). The second kappa shape index (κ2) is 10.4. The zero-order valence-corrected chi connectivity index (χ0v) is 18.6. The molecule has 1 aromatic carbocycles. The highest BCUT2D eigenvalue weighted by molar-refractivity contribution is 5.80. The first-order valence-corrected chi connectivity index (χ1v) is 11.2. The van der Waals surface area contributed by atoms with E-state index in [0.717, 1.165) is 69.5 Å². The molecule has 1 atom stereocenters. The number of piperidine rings is 1. The number of aliphatic imine (C=N–C) groups is 1. The van der Waals surface area contributed by atoms with Gasteiger partial charge >= 0.3 is 0 Å². The number of hydrogen-bond donors (Lipinski definition) is 1. The topological polar surface area (TPSA) is 53.0 Å². The van der Waals surface area contributed by atoms with Gasteiger partial charge in [-0.3, -0.25) is 4.99 Å². The third-order valence-electron chi connectivity index (χ3n) is 5.91. The fourth-order valence-corrected chi connectivity index (χ4v) is 4.18. The molecule has 0 bridgehead atoms. The van der Waals surface area contributed by atoms with Crippen LogP contribution in [0, 0.1) is 0 Å². The van der Waals surface area contributed by atoms with E-state index < -0.39 is 0 Å². The van der Waals surface area contributed by atoms with Gasteiger partial charge in [-0.2, -0.15) is 0 Å².